The first kappa shape index (κ1) is 8.27. The lowest BCUT2D eigenvalue weighted by Gasteiger charge is -2.19. The van der Waals surface area contributed by atoms with Crippen LogP contribution in [0.4, 0.5) is 0 Å². The zero-order chi connectivity index (χ0) is 8.55. The fourth-order valence-electron chi connectivity index (χ4n) is 1.75. The fourth-order valence-corrected chi connectivity index (χ4v) is 2.37. The monoisotopic (exact) mass is 225 g/mol. The second kappa shape index (κ2) is 3.19. The van der Waals surface area contributed by atoms with Gasteiger partial charge in [-0.25, -0.2) is 0 Å². The summed E-state index contributed by atoms with van der Waals surface area (Å²) in [6.07, 6.45) is 1.16. The van der Waals surface area contributed by atoms with Crippen molar-refractivity contribution in [2.45, 2.75) is 19.9 Å². The van der Waals surface area contributed by atoms with Crippen LogP contribution in [0.3, 0.4) is 0 Å². The third-order valence-electron chi connectivity index (χ3n) is 2.40. The largest absolute Gasteiger partial charge is 0.312 e. The van der Waals surface area contributed by atoms with Crippen molar-refractivity contribution < 1.29 is 0 Å². The summed E-state index contributed by atoms with van der Waals surface area (Å²) in [7, 11) is 0. The van der Waals surface area contributed by atoms with E-state index in [-0.39, 0.29) is 0 Å². The molecule has 1 nitrogen and oxygen atoms in total. The van der Waals surface area contributed by atoms with Gasteiger partial charge in [-0.1, -0.05) is 15.9 Å². The average molecular weight is 226 g/mol. The first-order valence-electron chi connectivity index (χ1n) is 4.26. The number of rotatable bonds is 0. The third-order valence-corrected chi connectivity index (χ3v) is 2.86. The summed E-state index contributed by atoms with van der Waals surface area (Å²) in [5, 5.41) is 3.39. The molecule has 1 aromatic rings. The van der Waals surface area contributed by atoms with E-state index in [4.69, 9.17) is 0 Å². The molecule has 0 bridgehead atoms. The Morgan fingerprint density at radius 2 is 2.25 bits per heavy atom. The van der Waals surface area contributed by atoms with Gasteiger partial charge in [0.15, 0.2) is 0 Å². The molecule has 0 saturated carbocycles. The highest BCUT2D eigenvalue weighted by molar-refractivity contribution is 9.10. The van der Waals surface area contributed by atoms with Crippen LogP contribution in [-0.4, -0.2) is 6.54 Å². The highest BCUT2D eigenvalue weighted by Crippen LogP contribution is 2.23. The number of fused-ring (bicyclic) bond motifs is 1. The van der Waals surface area contributed by atoms with Crippen molar-refractivity contribution in [2.24, 2.45) is 0 Å². The van der Waals surface area contributed by atoms with E-state index in [0.717, 1.165) is 19.5 Å². The van der Waals surface area contributed by atoms with E-state index < -0.39 is 0 Å². The number of nitrogens with one attached hydrogen (secondary N) is 1. The molecule has 0 amide bonds. The molecular weight excluding hydrogens is 214 g/mol. The molecule has 1 aliphatic rings. The molecule has 2 rings (SSSR count). The Balaban J connectivity index is 2.53. The molecule has 0 spiro atoms. The normalized spacial score (nSPS) is 15.8. The molecule has 1 heterocycles. The Labute approximate surface area is 81.3 Å². The minimum Gasteiger partial charge on any atom is -0.312 e. The molecule has 0 aliphatic carbocycles. The van der Waals surface area contributed by atoms with Crippen LogP contribution >= 0.6 is 15.9 Å². The molecule has 0 atom stereocenters. The van der Waals surface area contributed by atoms with Crippen molar-refractivity contribution in [2.75, 3.05) is 6.54 Å². The van der Waals surface area contributed by atoms with Crippen LogP contribution in [0.5, 0.6) is 0 Å². The van der Waals surface area contributed by atoms with E-state index in [2.05, 4.69) is 40.3 Å². The van der Waals surface area contributed by atoms with Crippen molar-refractivity contribution in [1.82, 2.24) is 5.32 Å². The summed E-state index contributed by atoms with van der Waals surface area (Å²) in [6, 6.07) is 4.43. The van der Waals surface area contributed by atoms with Crippen LogP contribution in [0.15, 0.2) is 16.6 Å². The Morgan fingerprint density at radius 3 is 3.08 bits per heavy atom. The van der Waals surface area contributed by atoms with Crippen LogP contribution in [0.25, 0.3) is 0 Å². The van der Waals surface area contributed by atoms with Gasteiger partial charge in [0.1, 0.15) is 0 Å². The predicted molar refractivity (Wildman–Crippen MR) is 54.3 cm³/mol. The minimum atomic E-state index is 1.04. The molecule has 1 aliphatic heterocycles. The maximum absolute atomic E-state index is 3.52. The molecule has 1 aromatic carbocycles. The predicted octanol–water partition coefficient (Wildman–Crippen LogP) is 2.40. The quantitative estimate of drug-likeness (QED) is 0.716. The topological polar surface area (TPSA) is 12.0 Å². The van der Waals surface area contributed by atoms with Gasteiger partial charge < -0.3 is 5.32 Å². The smallest absolute Gasteiger partial charge is 0.0211 e. The van der Waals surface area contributed by atoms with E-state index >= 15 is 0 Å². The van der Waals surface area contributed by atoms with Gasteiger partial charge in [-0.05, 0) is 48.7 Å². The van der Waals surface area contributed by atoms with Crippen LogP contribution in [0, 0.1) is 6.92 Å². The zero-order valence-electron chi connectivity index (χ0n) is 7.15. The lowest BCUT2D eigenvalue weighted by atomic mass is 9.97. The maximum atomic E-state index is 3.52. The first-order chi connectivity index (χ1) is 5.77. The van der Waals surface area contributed by atoms with Gasteiger partial charge in [-0.15, -0.1) is 0 Å². The highest BCUT2D eigenvalue weighted by atomic mass is 79.9. The van der Waals surface area contributed by atoms with Gasteiger partial charge in [-0.2, -0.15) is 0 Å². The molecule has 0 fully saturated rings. The molecule has 1 N–H and O–H groups in total. The van der Waals surface area contributed by atoms with E-state index in [0.29, 0.717) is 0 Å². The summed E-state index contributed by atoms with van der Waals surface area (Å²) >= 11 is 3.52. The van der Waals surface area contributed by atoms with Gasteiger partial charge in [0.25, 0.3) is 0 Å². The van der Waals surface area contributed by atoms with Crippen LogP contribution in [-0.2, 0) is 13.0 Å². The summed E-state index contributed by atoms with van der Waals surface area (Å²) in [6.45, 7) is 4.33. The van der Waals surface area contributed by atoms with Crippen LogP contribution in [0.1, 0.15) is 16.7 Å². The fraction of sp³-hybridized carbons (Fsp3) is 0.400. The molecule has 0 radical (unpaired) electrons. The van der Waals surface area contributed by atoms with Gasteiger partial charge in [0, 0.05) is 11.0 Å². The Bertz CT molecular complexity index is 307. The van der Waals surface area contributed by atoms with E-state index in [1.54, 1.807) is 0 Å². The second-order valence-corrected chi connectivity index (χ2v) is 4.20. The van der Waals surface area contributed by atoms with Gasteiger partial charge in [0.2, 0.25) is 0 Å². The summed E-state index contributed by atoms with van der Waals surface area (Å²) in [5.41, 5.74) is 4.39. The number of halogens is 1. The Kier molecular flexibility index (Phi) is 2.20. The maximum Gasteiger partial charge on any atom is 0.0211 e. The molecular formula is C10H12BrN. The average Bonchev–Trinajstić information content (AvgIpc) is 2.04. The van der Waals surface area contributed by atoms with Crippen molar-refractivity contribution in [3.8, 4) is 0 Å². The molecule has 64 valence electrons. The summed E-state index contributed by atoms with van der Waals surface area (Å²) < 4.78 is 1.21. The number of hydrogen-bond acceptors (Lipinski definition) is 1. The number of hydrogen-bond donors (Lipinski definition) is 1. The van der Waals surface area contributed by atoms with Crippen LogP contribution in [0.2, 0.25) is 0 Å². The molecule has 0 aromatic heterocycles. The molecule has 0 saturated heterocycles. The van der Waals surface area contributed by atoms with Crippen molar-refractivity contribution >= 4 is 15.9 Å². The van der Waals surface area contributed by atoms with Crippen molar-refractivity contribution in [3.63, 3.8) is 0 Å². The first-order valence-corrected chi connectivity index (χ1v) is 5.05. The van der Waals surface area contributed by atoms with E-state index in [1.165, 1.54) is 21.2 Å². The lowest BCUT2D eigenvalue weighted by Crippen LogP contribution is -2.24. The number of benzene rings is 1. The Morgan fingerprint density at radius 1 is 1.42 bits per heavy atom. The van der Waals surface area contributed by atoms with Gasteiger partial charge in [0.05, 0.1) is 0 Å². The van der Waals surface area contributed by atoms with Crippen molar-refractivity contribution in [3.05, 3.63) is 33.3 Å². The highest BCUT2D eigenvalue weighted by Gasteiger charge is 2.10. The zero-order valence-corrected chi connectivity index (χ0v) is 8.74. The minimum absolute atomic E-state index is 1.04. The van der Waals surface area contributed by atoms with Crippen molar-refractivity contribution in [1.29, 1.82) is 0 Å². The third kappa shape index (κ3) is 1.41. The molecule has 12 heavy (non-hydrogen) atoms. The Hall–Kier alpha value is -0.340. The van der Waals surface area contributed by atoms with E-state index in [1.807, 2.05) is 0 Å². The molecule has 2 heteroatoms. The van der Waals surface area contributed by atoms with Gasteiger partial charge >= 0.3 is 0 Å². The number of aryl methyl sites for hydroxylation is 1. The standard InChI is InChI=1S/C10H12BrN/c1-7-4-9(11)5-8-2-3-12-6-10(7)8/h4-5,12H,2-3,6H2,1H3. The molecule has 0 unspecified atom stereocenters. The summed E-state index contributed by atoms with van der Waals surface area (Å²) in [4.78, 5) is 0. The second-order valence-electron chi connectivity index (χ2n) is 3.29. The van der Waals surface area contributed by atoms with Crippen LogP contribution < -0.4 is 5.32 Å². The van der Waals surface area contributed by atoms with Gasteiger partial charge in [-0.3, -0.25) is 0 Å². The lowest BCUT2D eigenvalue weighted by molar-refractivity contribution is 0.640. The van der Waals surface area contributed by atoms with E-state index in [9.17, 15) is 0 Å². The SMILES string of the molecule is Cc1cc(Br)cc2c1CNCC2. The summed E-state index contributed by atoms with van der Waals surface area (Å²) in [5.74, 6) is 0.